The molecule has 0 amide bonds. The summed E-state index contributed by atoms with van der Waals surface area (Å²) in [6.45, 7) is -0.175. The first-order valence-corrected chi connectivity index (χ1v) is 30.8. The normalized spacial score (nSPS) is 12.4. The number of rotatable bonds is 10. The summed E-state index contributed by atoms with van der Waals surface area (Å²) in [6, 6.07) is 124. The fourth-order valence-corrected chi connectivity index (χ4v) is 14.7. The Morgan fingerprint density at radius 2 is 0.685 bits per heavy atom. The van der Waals surface area contributed by atoms with Gasteiger partial charge in [0.1, 0.15) is 0 Å². The fourth-order valence-electron chi connectivity index (χ4n) is 14.7. The molecule has 0 N–H and O–H groups in total. The molecule has 4 nitrogen and oxygen atoms in total. The first kappa shape index (κ1) is 50.6. The maximum absolute atomic E-state index is 2.59. The zero-order chi connectivity index (χ0) is 58.5. The SMILES string of the molecule is c1ccc(-c2ccc(N3c4cc(N(c5ccccc5)c5ccc6ccc7cccc8ccc5c6c78)ccc4B4c5ccc(N(c6ccccc6)c6cccc7ccccc67)cc5N(c5cccc6ccccc56)c5cc(-c6ccccc6)cc3c54)cc2)cc1. The van der Waals surface area contributed by atoms with Gasteiger partial charge in [0, 0.05) is 67.3 Å². The molecule has 2 aliphatic rings. The summed E-state index contributed by atoms with van der Waals surface area (Å²) in [4.78, 5) is 10.1. The predicted octanol–water partition coefficient (Wildman–Crippen LogP) is 21.2. The summed E-state index contributed by atoms with van der Waals surface area (Å²) in [5, 5.41) is 12.3. The average molecular weight is 1130 g/mol. The van der Waals surface area contributed by atoms with Gasteiger partial charge in [-0.1, -0.05) is 243 Å². The molecule has 5 heteroatoms. The zero-order valence-electron chi connectivity index (χ0n) is 48.6. The minimum Gasteiger partial charge on any atom is -0.311 e. The molecule has 414 valence electrons. The number of fused-ring (bicyclic) bond motifs is 6. The largest absolute Gasteiger partial charge is 0.311 e. The molecular formula is C84H55BN4. The van der Waals surface area contributed by atoms with E-state index < -0.39 is 0 Å². The number of nitrogens with zero attached hydrogens (tertiary/aromatic N) is 4. The van der Waals surface area contributed by atoms with Crippen molar-refractivity contribution in [2.45, 2.75) is 0 Å². The van der Waals surface area contributed by atoms with Crippen LogP contribution in [0.2, 0.25) is 0 Å². The molecule has 2 heterocycles. The van der Waals surface area contributed by atoms with Crippen LogP contribution in [0.5, 0.6) is 0 Å². The Bertz CT molecular complexity index is 5380. The highest BCUT2D eigenvalue weighted by molar-refractivity contribution is 7.00. The Balaban J connectivity index is 0.934. The van der Waals surface area contributed by atoms with E-state index in [0.717, 1.165) is 79.4 Å². The molecule has 0 spiro atoms. The van der Waals surface area contributed by atoms with Crippen LogP contribution in [0.25, 0.3) is 76.1 Å². The second kappa shape index (κ2) is 20.5. The Morgan fingerprint density at radius 1 is 0.236 bits per heavy atom. The van der Waals surface area contributed by atoms with Crippen molar-refractivity contribution >= 4 is 145 Å². The summed E-state index contributed by atoms with van der Waals surface area (Å²) >= 11 is 0. The van der Waals surface area contributed by atoms with Crippen LogP contribution in [0.1, 0.15) is 0 Å². The average Bonchev–Trinajstić information content (AvgIpc) is 0.713. The lowest BCUT2D eigenvalue weighted by Crippen LogP contribution is -2.61. The molecular weight excluding hydrogens is 1080 g/mol. The van der Waals surface area contributed by atoms with E-state index in [1.165, 1.54) is 81.4 Å². The molecule has 0 saturated carbocycles. The second-order valence-corrected chi connectivity index (χ2v) is 23.6. The highest BCUT2D eigenvalue weighted by Gasteiger charge is 2.45. The van der Waals surface area contributed by atoms with E-state index >= 15 is 0 Å². The Hall–Kier alpha value is -11.7. The summed E-state index contributed by atoms with van der Waals surface area (Å²) in [5.74, 6) is 0. The smallest absolute Gasteiger partial charge is 0.252 e. The quantitative estimate of drug-likeness (QED) is 0.0999. The Labute approximate surface area is 517 Å². The van der Waals surface area contributed by atoms with Crippen LogP contribution in [-0.2, 0) is 0 Å². The maximum Gasteiger partial charge on any atom is 0.252 e. The molecule has 18 rings (SSSR count). The van der Waals surface area contributed by atoms with Gasteiger partial charge in [0.2, 0.25) is 0 Å². The summed E-state index contributed by atoms with van der Waals surface area (Å²) < 4.78 is 0. The van der Waals surface area contributed by atoms with Gasteiger partial charge in [-0.15, -0.1) is 0 Å². The molecule has 16 aromatic rings. The van der Waals surface area contributed by atoms with Gasteiger partial charge in [-0.2, -0.15) is 0 Å². The molecule has 0 aromatic heterocycles. The van der Waals surface area contributed by atoms with Gasteiger partial charge in [0.05, 0.1) is 17.1 Å². The molecule has 0 bridgehead atoms. The van der Waals surface area contributed by atoms with Gasteiger partial charge in [-0.05, 0) is 167 Å². The lowest BCUT2D eigenvalue weighted by Gasteiger charge is -2.45. The standard InChI is InChI=1S/C84H55BN4/c1-5-20-56(21-6-1)58-40-44-67(45-41-58)88-78-54-68(87(66-32-11-4-12-33-66)77-51-43-63-39-38-61-28-17-29-62-42-48-72(77)83(63)82(61)62)46-49-73(78)85-74-50-47-69(86(65-30-9-3-10-31-65)75-36-18-26-59-24-13-15-34-70(59)75)55-79(74)89(76-37-19-27-60-25-14-16-35-71(60)76)81-53-64(52-80(88)84(81)85)57-22-7-2-8-23-57/h1-55H. The minimum atomic E-state index is -0.175. The van der Waals surface area contributed by atoms with E-state index in [2.05, 4.69) is 353 Å². The third-order valence-corrected chi connectivity index (χ3v) is 18.7. The Kier molecular flexibility index (Phi) is 11.7. The lowest BCUT2D eigenvalue weighted by molar-refractivity contribution is 1.24. The monoisotopic (exact) mass is 1130 g/mol. The van der Waals surface area contributed by atoms with Crippen molar-refractivity contribution in [3.63, 3.8) is 0 Å². The first-order valence-electron chi connectivity index (χ1n) is 30.8. The van der Waals surface area contributed by atoms with Gasteiger partial charge in [-0.25, -0.2) is 0 Å². The van der Waals surface area contributed by atoms with Gasteiger partial charge < -0.3 is 19.6 Å². The molecule has 89 heavy (non-hydrogen) atoms. The van der Waals surface area contributed by atoms with Crippen LogP contribution >= 0.6 is 0 Å². The third-order valence-electron chi connectivity index (χ3n) is 18.7. The highest BCUT2D eigenvalue weighted by Crippen LogP contribution is 2.52. The van der Waals surface area contributed by atoms with Crippen molar-refractivity contribution < 1.29 is 0 Å². The van der Waals surface area contributed by atoms with E-state index in [1.54, 1.807) is 0 Å². The van der Waals surface area contributed by atoms with Crippen molar-refractivity contribution in [3.05, 3.63) is 334 Å². The summed E-state index contributed by atoms with van der Waals surface area (Å²) in [6.07, 6.45) is 0. The van der Waals surface area contributed by atoms with E-state index in [1.807, 2.05) is 0 Å². The van der Waals surface area contributed by atoms with Gasteiger partial charge in [0.25, 0.3) is 6.71 Å². The number of benzene rings is 16. The highest BCUT2D eigenvalue weighted by atomic mass is 15.2. The number of hydrogen-bond donors (Lipinski definition) is 0. The molecule has 0 radical (unpaired) electrons. The van der Waals surface area contributed by atoms with Crippen LogP contribution in [0.3, 0.4) is 0 Å². The topological polar surface area (TPSA) is 13.0 Å². The number of hydrogen-bond acceptors (Lipinski definition) is 4. The third kappa shape index (κ3) is 8.16. The first-order chi connectivity index (χ1) is 44.2. The number of anilines is 12. The predicted molar refractivity (Wildman–Crippen MR) is 379 cm³/mol. The van der Waals surface area contributed by atoms with Crippen molar-refractivity contribution in [3.8, 4) is 22.3 Å². The van der Waals surface area contributed by atoms with Crippen LogP contribution in [-0.4, -0.2) is 6.71 Å². The van der Waals surface area contributed by atoms with Gasteiger partial charge >= 0.3 is 0 Å². The van der Waals surface area contributed by atoms with E-state index in [0.29, 0.717) is 0 Å². The van der Waals surface area contributed by atoms with Gasteiger partial charge in [0.15, 0.2) is 0 Å². The molecule has 2 aliphatic heterocycles. The minimum absolute atomic E-state index is 0.175. The van der Waals surface area contributed by atoms with Crippen molar-refractivity contribution in [1.29, 1.82) is 0 Å². The molecule has 0 saturated heterocycles. The molecule has 0 atom stereocenters. The summed E-state index contributed by atoms with van der Waals surface area (Å²) in [7, 11) is 0. The van der Waals surface area contributed by atoms with Crippen LogP contribution in [0, 0.1) is 0 Å². The van der Waals surface area contributed by atoms with Gasteiger partial charge in [-0.3, -0.25) is 0 Å². The second-order valence-electron chi connectivity index (χ2n) is 23.6. The van der Waals surface area contributed by atoms with Crippen LogP contribution < -0.4 is 36.0 Å². The van der Waals surface area contributed by atoms with Crippen LogP contribution in [0.4, 0.5) is 68.2 Å². The molecule has 0 aliphatic carbocycles. The number of para-hydroxylation sites is 2. The lowest BCUT2D eigenvalue weighted by atomic mass is 9.33. The zero-order valence-corrected chi connectivity index (χ0v) is 48.6. The van der Waals surface area contributed by atoms with E-state index in [4.69, 9.17) is 0 Å². The van der Waals surface area contributed by atoms with Crippen molar-refractivity contribution in [2.75, 3.05) is 19.6 Å². The molecule has 0 fully saturated rings. The Morgan fingerprint density at radius 3 is 1.33 bits per heavy atom. The van der Waals surface area contributed by atoms with Crippen molar-refractivity contribution in [2.24, 2.45) is 0 Å². The molecule has 16 aromatic carbocycles. The molecule has 0 unspecified atom stereocenters. The van der Waals surface area contributed by atoms with E-state index in [9.17, 15) is 0 Å². The summed E-state index contributed by atoms with van der Waals surface area (Å²) in [5.41, 5.74) is 21.6. The van der Waals surface area contributed by atoms with Crippen LogP contribution in [0.15, 0.2) is 334 Å². The maximum atomic E-state index is 2.59. The fraction of sp³-hybridized carbons (Fsp3) is 0. The van der Waals surface area contributed by atoms with E-state index in [-0.39, 0.29) is 6.71 Å². The van der Waals surface area contributed by atoms with Crippen molar-refractivity contribution in [1.82, 2.24) is 0 Å².